The number of nitrogens with two attached hydrogens (primary N) is 1. The second-order valence-corrected chi connectivity index (χ2v) is 4.70. The minimum absolute atomic E-state index is 0.444. The highest BCUT2D eigenvalue weighted by Gasteiger charge is 2.35. The van der Waals surface area contributed by atoms with Gasteiger partial charge in [-0.25, -0.2) is 0 Å². The maximum absolute atomic E-state index is 6.07. The Labute approximate surface area is 81.5 Å². The molecule has 0 aromatic rings. The van der Waals surface area contributed by atoms with Crippen LogP contribution < -0.4 is 5.73 Å². The van der Waals surface area contributed by atoms with Crippen molar-refractivity contribution in [2.24, 2.45) is 11.7 Å². The molecule has 0 radical (unpaired) electrons. The van der Waals surface area contributed by atoms with E-state index in [-0.39, 0.29) is 0 Å². The second kappa shape index (κ2) is 3.97. The van der Waals surface area contributed by atoms with Crippen LogP contribution in [0.15, 0.2) is 0 Å². The Hall–Kier alpha value is -0.0800. The summed E-state index contributed by atoms with van der Waals surface area (Å²) < 4.78 is 0. The zero-order chi connectivity index (χ0) is 9.26. The van der Waals surface area contributed by atoms with E-state index in [1.165, 1.54) is 38.6 Å². The number of hydrogen-bond acceptors (Lipinski definition) is 2. The topological polar surface area (TPSA) is 29.3 Å². The van der Waals surface area contributed by atoms with Crippen LogP contribution in [0.25, 0.3) is 0 Å². The number of likely N-dealkylation sites (tertiary alicyclic amines) is 1. The fraction of sp³-hybridized carbons (Fsp3) is 1.00. The molecular weight excluding hydrogens is 160 g/mol. The van der Waals surface area contributed by atoms with Gasteiger partial charge in [0.1, 0.15) is 0 Å². The van der Waals surface area contributed by atoms with Gasteiger partial charge < -0.3 is 5.73 Å². The molecule has 0 bridgehead atoms. The van der Waals surface area contributed by atoms with E-state index < -0.39 is 0 Å². The molecule has 13 heavy (non-hydrogen) atoms. The third kappa shape index (κ3) is 1.89. The molecular formula is C11H22N2. The first-order chi connectivity index (χ1) is 6.31. The Morgan fingerprint density at radius 3 is 2.85 bits per heavy atom. The molecule has 0 amide bonds. The molecule has 2 fully saturated rings. The van der Waals surface area contributed by atoms with Gasteiger partial charge >= 0.3 is 0 Å². The van der Waals surface area contributed by atoms with Gasteiger partial charge in [-0.1, -0.05) is 19.8 Å². The van der Waals surface area contributed by atoms with E-state index in [0.29, 0.717) is 6.04 Å². The molecule has 2 heteroatoms. The van der Waals surface area contributed by atoms with Crippen molar-refractivity contribution in [1.29, 1.82) is 0 Å². The third-order valence-corrected chi connectivity index (χ3v) is 3.82. The van der Waals surface area contributed by atoms with Crippen LogP contribution in [0.5, 0.6) is 0 Å². The summed E-state index contributed by atoms with van der Waals surface area (Å²) in [6.45, 7) is 4.59. The van der Waals surface area contributed by atoms with Crippen LogP contribution in [0.2, 0.25) is 0 Å². The average Bonchev–Trinajstić information content (AvgIpc) is 2.16. The molecule has 1 saturated heterocycles. The zero-order valence-electron chi connectivity index (χ0n) is 8.71. The van der Waals surface area contributed by atoms with Crippen molar-refractivity contribution in [1.82, 2.24) is 4.90 Å². The largest absolute Gasteiger partial charge is 0.327 e. The summed E-state index contributed by atoms with van der Waals surface area (Å²) in [5.74, 6) is 0.914. The van der Waals surface area contributed by atoms with E-state index in [0.717, 1.165) is 18.5 Å². The molecule has 0 aromatic heterocycles. The Morgan fingerprint density at radius 1 is 1.31 bits per heavy atom. The van der Waals surface area contributed by atoms with Gasteiger partial charge in [-0.15, -0.1) is 0 Å². The summed E-state index contributed by atoms with van der Waals surface area (Å²) in [5, 5.41) is 0. The van der Waals surface area contributed by atoms with Gasteiger partial charge in [0.15, 0.2) is 0 Å². The molecule has 2 rings (SSSR count). The molecule has 3 atom stereocenters. The van der Waals surface area contributed by atoms with Crippen molar-refractivity contribution in [3.63, 3.8) is 0 Å². The summed E-state index contributed by atoms with van der Waals surface area (Å²) in [6.07, 6.45) is 7.00. The van der Waals surface area contributed by atoms with E-state index in [4.69, 9.17) is 5.73 Å². The van der Waals surface area contributed by atoms with Crippen LogP contribution in [0, 0.1) is 5.92 Å². The number of piperidine rings is 1. The molecule has 1 heterocycles. The molecule has 0 spiro atoms. The van der Waals surface area contributed by atoms with Crippen LogP contribution in [-0.4, -0.2) is 30.1 Å². The number of fused-ring (bicyclic) bond motifs is 1. The average molecular weight is 182 g/mol. The van der Waals surface area contributed by atoms with Gasteiger partial charge in [0.05, 0.1) is 0 Å². The van der Waals surface area contributed by atoms with Gasteiger partial charge in [-0.05, 0) is 31.7 Å². The van der Waals surface area contributed by atoms with E-state index in [1.807, 2.05) is 0 Å². The smallest absolute Gasteiger partial charge is 0.0171 e. The Balaban J connectivity index is 2.02. The van der Waals surface area contributed by atoms with Crippen molar-refractivity contribution in [3.05, 3.63) is 0 Å². The molecule has 2 N–H and O–H groups in total. The number of likely N-dealkylation sites (N-methyl/N-ethyl adjacent to an activating group) is 1. The molecule has 2 nitrogen and oxygen atoms in total. The predicted molar refractivity (Wildman–Crippen MR) is 55.6 cm³/mol. The van der Waals surface area contributed by atoms with E-state index >= 15 is 0 Å². The highest BCUT2D eigenvalue weighted by atomic mass is 15.2. The normalized spacial score (nSPS) is 41.5. The van der Waals surface area contributed by atoms with Gasteiger partial charge in [0, 0.05) is 18.6 Å². The lowest BCUT2D eigenvalue weighted by atomic mass is 9.77. The highest BCUT2D eigenvalue weighted by molar-refractivity contribution is 4.91. The monoisotopic (exact) mass is 182 g/mol. The van der Waals surface area contributed by atoms with Crippen LogP contribution in [0.4, 0.5) is 0 Å². The lowest BCUT2D eigenvalue weighted by Gasteiger charge is -2.46. The maximum Gasteiger partial charge on any atom is 0.0171 e. The summed E-state index contributed by atoms with van der Waals surface area (Å²) in [7, 11) is 0. The fourth-order valence-corrected chi connectivity index (χ4v) is 3.21. The van der Waals surface area contributed by atoms with Crippen molar-refractivity contribution in [2.45, 2.75) is 51.1 Å². The Bertz CT molecular complexity index is 161. The summed E-state index contributed by atoms with van der Waals surface area (Å²) >= 11 is 0. The minimum Gasteiger partial charge on any atom is -0.327 e. The van der Waals surface area contributed by atoms with Gasteiger partial charge in [0.2, 0.25) is 0 Å². The third-order valence-electron chi connectivity index (χ3n) is 3.82. The quantitative estimate of drug-likeness (QED) is 0.667. The summed E-state index contributed by atoms with van der Waals surface area (Å²) in [6, 6.07) is 1.32. The van der Waals surface area contributed by atoms with Crippen molar-refractivity contribution in [3.8, 4) is 0 Å². The van der Waals surface area contributed by atoms with E-state index in [1.54, 1.807) is 0 Å². The van der Waals surface area contributed by atoms with Crippen LogP contribution in [-0.2, 0) is 0 Å². The summed E-state index contributed by atoms with van der Waals surface area (Å²) in [4.78, 5) is 2.61. The first-order valence-electron chi connectivity index (χ1n) is 5.81. The lowest BCUT2D eigenvalue weighted by Crippen LogP contribution is -2.54. The van der Waals surface area contributed by atoms with Crippen molar-refractivity contribution in [2.75, 3.05) is 13.1 Å². The van der Waals surface area contributed by atoms with Crippen LogP contribution in [0.1, 0.15) is 39.0 Å². The highest BCUT2D eigenvalue weighted by Crippen LogP contribution is 2.34. The SMILES string of the molecule is CCN1CC(N)CC2CCCCC21. The Kier molecular flexibility index (Phi) is 2.89. The maximum atomic E-state index is 6.07. The molecule has 76 valence electrons. The first-order valence-corrected chi connectivity index (χ1v) is 5.81. The van der Waals surface area contributed by atoms with Gasteiger partial charge in [-0.2, -0.15) is 0 Å². The van der Waals surface area contributed by atoms with Crippen LogP contribution >= 0.6 is 0 Å². The standard InChI is InChI=1S/C11H22N2/c1-2-13-8-10(12)7-9-5-3-4-6-11(9)13/h9-11H,2-8,12H2,1H3. The number of hydrogen-bond donors (Lipinski definition) is 1. The van der Waals surface area contributed by atoms with Crippen molar-refractivity contribution >= 4 is 0 Å². The molecule has 1 aliphatic carbocycles. The predicted octanol–water partition coefficient (Wildman–Crippen LogP) is 1.60. The second-order valence-electron chi connectivity index (χ2n) is 4.70. The Morgan fingerprint density at radius 2 is 2.08 bits per heavy atom. The number of rotatable bonds is 1. The lowest BCUT2D eigenvalue weighted by molar-refractivity contribution is 0.0544. The van der Waals surface area contributed by atoms with E-state index in [2.05, 4.69) is 11.8 Å². The van der Waals surface area contributed by atoms with Crippen LogP contribution in [0.3, 0.4) is 0 Å². The molecule has 1 saturated carbocycles. The van der Waals surface area contributed by atoms with E-state index in [9.17, 15) is 0 Å². The number of nitrogens with zero attached hydrogens (tertiary/aromatic N) is 1. The molecule has 1 aliphatic heterocycles. The summed E-state index contributed by atoms with van der Waals surface area (Å²) in [5.41, 5.74) is 6.07. The van der Waals surface area contributed by atoms with Gasteiger partial charge in [-0.3, -0.25) is 4.90 Å². The molecule has 0 aromatic carbocycles. The van der Waals surface area contributed by atoms with Gasteiger partial charge in [0.25, 0.3) is 0 Å². The zero-order valence-corrected chi connectivity index (χ0v) is 8.71. The molecule has 2 aliphatic rings. The first kappa shape index (κ1) is 9.47. The fourth-order valence-electron chi connectivity index (χ4n) is 3.21. The molecule has 3 unspecified atom stereocenters. The minimum atomic E-state index is 0.444. The van der Waals surface area contributed by atoms with Crippen molar-refractivity contribution < 1.29 is 0 Å².